The Labute approximate surface area is 124 Å². The minimum Gasteiger partial charge on any atom is -0.346 e. The molecule has 2 aromatic rings. The summed E-state index contributed by atoms with van der Waals surface area (Å²) in [7, 11) is 0. The fraction of sp³-hybridized carbons (Fsp3) is 0.375. The van der Waals surface area contributed by atoms with Crippen LogP contribution in [-0.2, 0) is 0 Å². The topological polar surface area (TPSA) is 46.9 Å². The first kappa shape index (κ1) is 15.2. The van der Waals surface area contributed by atoms with E-state index in [0.29, 0.717) is 11.4 Å². The van der Waals surface area contributed by atoms with Crippen LogP contribution in [0.5, 0.6) is 0 Å². The molecule has 0 fully saturated rings. The number of amides is 1. The van der Waals surface area contributed by atoms with Gasteiger partial charge in [0, 0.05) is 11.7 Å². The van der Waals surface area contributed by atoms with Gasteiger partial charge in [0.15, 0.2) is 5.69 Å². The van der Waals surface area contributed by atoms with Gasteiger partial charge in [-0.05, 0) is 44.0 Å². The van der Waals surface area contributed by atoms with Crippen molar-refractivity contribution in [2.24, 2.45) is 0 Å². The molecule has 21 heavy (non-hydrogen) atoms. The van der Waals surface area contributed by atoms with Gasteiger partial charge in [0.1, 0.15) is 5.82 Å². The molecule has 0 aliphatic carbocycles. The van der Waals surface area contributed by atoms with Gasteiger partial charge in [-0.25, -0.2) is 9.07 Å². The molecule has 5 heteroatoms. The van der Waals surface area contributed by atoms with Crippen LogP contribution >= 0.6 is 0 Å². The second-order valence-corrected chi connectivity index (χ2v) is 5.35. The molecule has 112 valence electrons. The van der Waals surface area contributed by atoms with Gasteiger partial charge >= 0.3 is 0 Å². The Kier molecular flexibility index (Phi) is 4.40. The first-order valence-electron chi connectivity index (χ1n) is 7.11. The van der Waals surface area contributed by atoms with Crippen molar-refractivity contribution in [1.82, 2.24) is 15.1 Å². The number of nitrogens with zero attached hydrogens (tertiary/aromatic N) is 2. The zero-order valence-electron chi connectivity index (χ0n) is 12.6. The Morgan fingerprint density at radius 3 is 2.67 bits per heavy atom. The zero-order valence-corrected chi connectivity index (χ0v) is 12.6. The number of hydrogen-bond donors (Lipinski definition) is 1. The average molecular weight is 289 g/mol. The second kappa shape index (κ2) is 6.08. The summed E-state index contributed by atoms with van der Waals surface area (Å²) in [5.41, 5.74) is 0.676. The van der Waals surface area contributed by atoms with Crippen molar-refractivity contribution in [2.45, 2.75) is 39.2 Å². The highest BCUT2D eigenvalue weighted by atomic mass is 19.1. The molecule has 0 aliphatic rings. The number of aromatic nitrogens is 2. The lowest BCUT2D eigenvalue weighted by Crippen LogP contribution is -2.45. The van der Waals surface area contributed by atoms with Gasteiger partial charge in [-0.1, -0.05) is 19.9 Å². The van der Waals surface area contributed by atoms with Crippen LogP contribution in [0.3, 0.4) is 0 Å². The fourth-order valence-electron chi connectivity index (χ4n) is 1.97. The van der Waals surface area contributed by atoms with E-state index < -0.39 is 0 Å². The van der Waals surface area contributed by atoms with Crippen LogP contribution < -0.4 is 5.32 Å². The van der Waals surface area contributed by atoms with Gasteiger partial charge in [-0.15, -0.1) is 0 Å². The zero-order chi connectivity index (χ0) is 15.5. The Morgan fingerprint density at radius 1 is 1.33 bits per heavy atom. The number of carbonyl (C=O) groups is 1. The molecule has 0 bridgehead atoms. The summed E-state index contributed by atoms with van der Waals surface area (Å²) in [6.07, 6.45) is 3.35. The molecule has 1 aromatic carbocycles. The highest BCUT2D eigenvalue weighted by Crippen LogP contribution is 2.15. The molecule has 0 radical (unpaired) electrons. The van der Waals surface area contributed by atoms with Crippen molar-refractivity contribution in [2.75, 3.05) is 0 Å². The number of hydrogen-bond acceptors (Lipinski definition) is 2. The standard InChI is InChI=1S/C16H20FN3O/c1-4-16(3,5-2)18-15(21)14-9-10-20(19-14)13-8-6-7-12(17)11-13/h6-11H,4-5H2,1-3H3,(H,18,21). The molecule has 0 unspecified atom stereocenters. The monoisotopic (exact) mass is 289 g/mol. The van der Waals surface area contributed by atoms with E-state index in [4.69, 9.17) is 0 Å². The first-order chi connectivity index (χ1) is 9.97. The SMILES string of the molecule is CCC(C)(CC)NC(=O)c1ccn(-c2cccc(F)c2)n1. The molecule has 4 nitrogen and oxygen atoms in total. The number of benzene rings is 1. The maximum atomic E-state index is 13.2. The van der Waals surface area contributed by atoms with E-state index in [1.165, 1.54) is 16.8 Å². The van der Waals surface area contributed by atoms with Gasteiger partial charge in [0.05, 0.1) is 5.69 Å². The molecule has 0 saturated heterocycles. The molecule has 1 heterocycles. The van der Waals surface area contributed by atoms with E-state index in [1.807, 2.05) is 20.8 Å². The summed E-state index contributed by atoms with van der Waals surface area (Å²) in [5.74, 6) is -0.546. The summed E-state index contributed by atoms with van der Waals surface area (Å²) in [4.78, 5) is 12.2. The quantitative estimate of drug-likeness (QED) is 0.918. The number of carbonyl (C=O) groups excluding carboxylic acids is 1. The lowest BCUT2D eigenvalue weighted by molar-refractivity contribution is 0.0895. The maximum Gasteiger partial charge on any atom is 0.272 e. The van der Waals surface area contributed by atoms with Gasteiger partial charge in [-0.2, -0.15) is 5.10 Å². The minimum absolute atomic E-state index is 0.212. The van der Waals surface area contributed by atoms with Crippen molar-refractivity contribution in [3.05, 3.63) is 48.0 Å². The van der Waals surface area contributed by atoms with E-state index in [0.717, 1.165) is 12.8 Å². The summed E-state index contributed by atoms with van der Waals surface area (Å²) in [6, 6.07) is 7.72. The van der Waals surface area contributed by atoms with Crippen LogP contribution in [0.25, 0.3) is 5.69 Å². The van der Waals surface area contributed by atoms with E-state index in [1.54, 1.807) is 24.4 Å². The van der Waals surface area contributed by atoms with Crippen molar-refractivity contribution in [3.63, 3.8) is 0 Å². The summed E-state index contributed by atoms with van der Waals surface area (Å²) in [5, 5.41) is 7.21. The third kappa shape index (κ3) is 3.48. The van der Waals surface area contributed by atoms with Crippen LogP contribution in [0.4, 0.5) is 4.39 Å². The Balaban J connectivity index is 2.18. The largest absolute Gasteiger partial charge is 0.346 e. The molecular weight excluding hydrogens is 269 g/mol. The lowest BCUT2D eigenvalue weighted by atomic mass is 9.95. The molecule has 0 saturated carbocycles. The smallest absolute Gasteiger partial charge is 0.272 e. The van der Waals surface area contributed by atoms with E-state index >= 15 is 0 Å². The second-order valence-electron chi connectivity index (χ2n) is 5.35. The molecule has 1 aromatic heterocycles. The van der Waals surface area contributed by atoms with E-state index in [9.17, 15) is 9.18 Å². The van der Waals surface area contributed by atoms with Crippen molar-refractivity contribution >= 4 is 5.91 Å². The fourth-order valence-corrected chi connectivity index (χ4v) is 1.97. The van der Waals surface area contributed by atoms with Gasteiger partial charge in [0.25, 0.3) is 5.91 Å². The number of rotatable bonds is 5. The van der Waals surface area contributed by atoms with E-state index in [2.05, 4.69) is 10.4 Å². The Bertz CT molecular complexity index is 632. The summed E-state index contributed by atoms with van der Waals surface area (Å²) in [6.45, 7) is 6.08. The highest BCUT2D eigenvalue weighted by Gasteiger charge is 2.23. The number of nitrogens with one attached hydrogen (secondary N) is 1. The molecule has 0 atom stereocenters. The minimum atomic E-state index is -0.335. The van der Waals surface area contributed by atoms with Crippen LogP contribution in [0.1, 0.15) is 44.1 Å². The Morgan fingerprint density at radius 2 is 2.05 bits per heavy atom. The van der Waals surface area contributed by atoms with Crippen LogP contribution in [0.15, 0.2) is 36.5 Å². The Hall–Kier alpha value is -2.17. The van der Waals surface area contributed by atoms with Crippen LogP contribution in [0, 0.1) is 5.82 Å². The third-order valence-corrected chi connectivity index (χ3v) is 3.87. The number of halogens is 1. The molecule has 2 rings (SSSR count). The highest BCUT2D eigenvalue weighted by molar-refractivity contribution is 5.92. The molecule has 1 amide bonds. The lowest BCUT2D eigenvalue weighted by Gasteiger charge is -2.27. The third-order valence-electron chi connectivity index (χ3n) is 3.87. The normalized spacial score (nSPS) is 11.4. The molecule has 0 aliphatic heterocycles. The molecule has 0 spiro atoms. The molecule has 1 N–H and O–H groups in total. The van der Waals surface area contributed by atoms with E-state index in [-0.39, 0.29) is 17.3 Å². The van der Waals surface area contributed by atoms with Crippen LogP contribution in [-0.4, -0.2) is 21.2 Å². The average Bonchev–Trinajstić information content (AvgIpc) is 2.97. The molecular formula is C16H20FN3O. The van der Waals surface area contributed by atoms with Gasteiger partial charge in [-0.3, -0.25) is 4.79 Å². The summed E-state index contributed by atoms with van der Waals surface area (Å²) < 4.78 is 14.7. The van der Waals surface area contributed by atoms with Crippen LogP contribution in [0.2, 0.25) is 0 Å². The van der Waals surface area contributed by atoms with Gasteiger partial charge < -0.3 is 5.32 Å². The summed E-state index contributed by atoms with van der Waals surface area (Å²) >= 11 is 0. The first-order valence-corrected chi connectivity index (χ1v) is 7.11. The predicted molar refractivity (Wildman–Crippen MR) is 80.0 cm³/mol. The predicted octanol–water partition coefficient (Wildman–Crippen LogP) is 3.32. The maximum absolute atomic E-state index is 13.2. The van der Waals surface area contributed by atoms with Crippen molar-refractivity contribution in [1.29, 1.82) is 0 Å². The van der Waals surface area contributed by atoms with Crippen molar-refractivity contribution < 1.29 is 9.18 Å². The van der Waals surface area contributed by atoms with Crippen molar-refractivity contribution in [3.8, 4) is 5.69 Å². The van der Waals surface area contributed by atoms with Gasteiger partial charge in [0.2, 0.25) is 0 Å².